The SMILES string of the molecule is CCCC(CCC)C(=O)N(C)C1CCC(O)OC1C. The summed E-state index contributed by atoms with van der Waals surface area (Å²) in [6.07, 6.45) is 4.66. The number of aliphatic hydroxyl groups is 1. The van der Waals surface area contributed by atoms with Crippen LogP contribution >= 0.6 is 0 Å². The maximum Gasteiger partial charge on any atom is 0.225 e. The number of nitrogens with zero attached hydrogens (tertiary/aromatic N) is 1. The molecule has 0 radical (unpaired) electrons. The molecule has 1 rings (SSSR count). The lowest BCUT2D eigenvalue weighted by atomic mass is 9.94. The highest BCUT2D eigenvalue weighted by Gasteiger charge is 2.34. The average molecular weight is 271 g/mol. The number of rotatable bonds is 6. The minimum atomic E-state index is -0.670. The number of likely N-dealkylation sites (N-methyl/N-ethyl adjacent to an activating group) is 1. The van der Waals surface area contributed by atoms with Crippen LogP contribution in [0.3, 0.4) is 0 Å². The van der Waals surface area contributed by atoms with E-state index in [2.05, 4.69) is 13.8 Å². The van der Waals surface area contributed by atoms with Crippen LogP contribution in [-0.2, 0) is 9.53 Å². The Kier molecular flexibility index (Phi) is 6.80. The second kappa shape index (κ2) is 7.85. The first-order valence-electron chi connectivity index (χ1n) is 7.61. The molecule has 1 heterocycles. The summed E-state index contributed by atoms with van der Waals surface area (Å²) in [6.45, 7) is 6.18. The molecule has 3 atom stereocenters. The van der Waals surface area contributed by atoms with Gasteiger partial charge in [0.1, 0.15) is 0 Å². The molecule has 0 aromatic heterocycles. The van der Waals surface area contributed by atoms with E-state index in [-0.39, 0.29) is 24.0 Å². The van der Waals surface area contributed by atoms with Crippen LogP contribution in [0.1, 0.15) is 59.3 Å². The second-order valence-corrected chi connectivity index (χ2v) is 5.66. The van der Waals surface area contributed by atoms with E-state index in [9.17, 15) is 9.90 Å². The van der Waals surface area contributed by atoms with Crippen LogP contribution in [0.4, 0.5) is 0 Å². The van der Waals surface area contributed by atoms with Crippen molar-refractivity contribution in [1.82, 2.24) is 4.90 Å². The Morgan fingerprint density at radius 2 is 1.89 bits per heavy atom. The molecule has 0 aromatic carbocycles. The fourth-order valence-electron chi connectivity index (χ4n) is 3.00. The lowest BCUT2D eigenvalue weighted by Crippen LogP contribution is -2.50. The fourth-order valence-corrected chi connectivity index (χ4v) is 3.00. The largest absolute Gasteiger partial charge is 0.368 e. The minimum absolute atomic E-state index is 0.0899. The van der Waals surface area contributed by atoms with Crippen molar-refractivity contribution >= 4 is 5.91 Å². The maximum atomic E-state index is 12.6. The molecule has 1 N–H and O–H groups in total. The molecule has 0 spiro atoms. The molecule has 1 fully saturated rings. The van der Waals surface area contributed by atoms with Crippen LogP contribution in [0.15, 0.2) is 0 Å². The third-order valence-corrected chi connectivity index (χ3v) is 4.09. The molecule has 112 valence electrons. The molecule has 4 nitrogen and oxygen atoms in total. The number of ether oxygens (including phenoxy) is 1. The Balaban J connectivity index is 2.63. The van der Waals surface area contributed by atoms with Gasteiger partial charge in [-0.1, -0.05) is 26.7 Å². The predicted molar refractivity (Wildman–Crippen MR) is 75.7 cm³/mol. The van der Waals surface area contributed by atoms with Crippen molar-refractivity contribution in [3.05, 3.63) is 0 Å². The molecular formula is C15H29NO3. The van der Waals surface area contributed by atoms with Crippen LogP contribution < -0.4 is 0 Å². The quantitative estimate of drug-likeness (QED) is 0.807. The number of hydrogen-bond acceptors (Lipinski definition) is 3. The number of amides is 1. The zero-order valence-corrected chi connectivity index (χ0v) is 12.8. The van der Waals surface area contributed by atoms with Crippen molar-refractivity contribution < 1.29 is 14.6 Å². The molecule has 0 bridgehead atoms. The monoisotopic (exact) mass is 271 g/mol. The summed E-state index contributed by atoms with van der Waals surface area (Å²) in [4.78, 5) is 14.4. The first-order chi connectivity index (χ1) is 9.01. The van der Waals surface area contributed by atoms with Crippen molar-refractivity contribution in [3.63, 3.8) is 0 Å². The second-order valence-electron chi connectivity index (χ2n) is 5.66. The smallest absolute Gasteiger partial charge is 0.225 e. The summed E-state index contributed by atoms with van der Waals surface area (Å²) in [5, 5.41) is 9.47. The van der Waals surface area contributed by atoms with Gasteiger partial charge in [-0.05, 0) is 26.2 Å². The summed E-state index contributed by atoms with van der Waals surface area (Å²) >= 11 is 0. The van der Waals surface area contributed by atoms with Gasteiger partial charge in [0.2, 0.25) is 5.91 Å². The standard InChI is InChI=1S/C15H29NO3/c1-5-7-12(8-6-2)15(18)16(4)13-9-10-14(17)19-11(13)3/h11-14,17H,5-10H2,1-4H3. The van der Waals surface area contributed by atoms with Crippen molar-refractivity contribution in [2.75, 3.05) is 7.05 Å². The Hall–Kier alpha value is -0.610. The van der Waals surface area contributed by atoms with E-state index < -0.39 is 6.29 Å². The highest BCUT2D eigenvalue weighted by Crippen LogP contribution is 2.25. The molecule has 0 saturated carbocycles. The maximum absolute atomic E-state index is 12.6. The van der Waals surface area contributed by atoms with E-state index in [1.54, 1.807) is 0 Å². The van der Waals surface area contributed by atoms with Gasteiger partial charge in [-0.15, -0.1) is 0 Å². The van der Waals surface area contributed by atoms with E-state index >= 15 is 0 Å². The molecule has 1 aliphatic heterocycles. The fraction of sp³-hybridized carbons (Fsp3) is 0.933. The van der Waals surface area contributed by atoms with Gasteiger partial charge in [-0.2, -0.15) is 0 Å². The Labute approximate surface area is 117 Å². The summed E-state index contributed by atoms with van der Waals surface area (Å²) < 4.78 is 5.43. The Morgan fingerprint density at radius 1 is 1.32 bits per heavy atom. The lowest BCUT2D eigenvalue weighted by Gasteiger charge is -2.39. The van der Waals surface area contributed by atoms with Crippen LogP contribution in [0.5, 0.6) is 0 Å². The summed E-state index contributed by atoms with van der Waals surface area (Å²) in [5.41, 5.74) is 0. The van der Waals surface area contributed by atoms with E-state index in [0.29, 0.717) is 6.42 Å². The molecule has 1 saturated heterocycles. The third-order valence-electron chi connectivity index (χ3n) is 4.09. The molecule has 0 aromatic rings. The van der Waals surface area contributed by atoms with Crippen molar-refractivity contribution in [2.45, 2.75) is 77.7 Å². The topological polar surface area (TPSA) is 49.8 Å². The van der Waals surface area contributed by atoms with Crippen molar-refractivity contribution in [1.29, 1.82) is 0 Å². The first-order valence-corrected chi connectivity index (χ1v) is 7.61. The summed E-state index contributed by atoms with van der Waals surface area (Å²) in [7, 11) is 1.88. The van der Waals surface area contributed by atoms with Gasteiger partial charge in [0.05, 0.1) is 12.1 Å². The highest BCUT2D eigenvalue weighted by molar-refractivity contribution is 5.79. The molecular weight excluding hydrogens is 242 g/mol. The normalized spacial score (nSPS) is 27.6. The van der Waals surface area contributed by atoms with Crippen LogP contribution in [-0.4, -0.2) is 41.4 Å². The minimum Gasteiger partial charge on any atom is -0.368 e. The van der Waals surface area contributed by atoms with Crippen LogP contribution in [0, 0.1) is 5.92 Å². The molecule has 4 heteroatoms. The average Bonchev–Trinajstić information content (AvgIpc) is 2.37. The van der Waals surface area contributed by atoms with Crippen LogP contribution in [0.25, 0.3) is 0 Å². The van der Waals surface area contributed by atoms with E-state index in [0.717, 1.165) is 32.1 Å². The van der Waals surface area contributed by atoms with Crippen molar-refractivity contribution in [3.8, 4) is 0 Å². The van der Waals surface area contributed by atoms with E-state index in [1.165, 1.54) is 0 Å². The van der Waals surface area contributed by atoms with Gasteiger partial charge in [-0.3, -0.25) is 4.79 Å². The molecule has 0 aliphatic carbocycles. The molecule has 1 amide bonds. The predicted octanol–water partition coefficient (Wildman–Crippen LogP) is 2.55. The number of carbonyl (C=O) groups is 1. The number of hydrogen-bond donors (Lipinski definition) is 1. The van der Waals surface area contributed by atoms with Gasteiger partial charge in [-0.25, -0.2) is 0 Å². The van der Waals surface area contributed by atoms with Crippen LogP contribution in [0.2, 0.25) is 0 Å². The van der Waals surface area contributed by atoms with Gasteiger partial charge >= 0.3 is 0 Å². The molecule has 1 aliphatic rings. The zero-order chi connectivity index (χ0) is 14.4. The molecule has 19 heavy (non-hydrogen) atoms. The molecule has 3 unspecified atom stereocenters. The third kappa shape index (κ3) is 4.46. The van der Waals surface area contributed by atoms with Crippen molar-refractivity contribution in [2.24, 2.45) is 5.92 Å². The number of carbonyl (C=O) groups excluding carboxylic acids is 1. The zero-order valence-electron chi connectivity index (χ0n) is 12.8. The summed E-state index contributed by atoms with van der Waals surface area (Å²) in [6, 6.07) is 0.0899. The lowest BCUT2D eigenvalue weighted by molar-refractivity contribution is -0.184. The Bertz CT molecular complexity index is 277. The summed E-state index contributed by atoms with van der Waals surface area (Å²) in [5.74, 6) is 0.375. The van der Waals surface area contributed by atoms with E-state index in [4.69, 9.17) is 4.74 Å². The highest BCUT2D eigenvalue weighted by atomic mass is 16.6. The van der Waals surface area contributed by atoms with Gasteiger partial charge in [0, 0.05) is 19.4 Å². The van der Waals surface area contributed by atoms with Gasteiger partial charge in [0.25, 0.3) is 0 Å². The first kappa shape index (κ1) is 16.4. The number of aliphatic hydroxyl groups excluding tert-OH is 1. The Morgan fingerprint density at radius 3 is 2.37 bits per heavy atom. The van der Waals surface area contributed by atoms with Gasteiger partial charge < -0.3 is 14.7 Å². The van der Waals surface area contributed by atoms with Gasteiger partial charge in [0.15, 0.2) is 6.29 Å². The van der Waals surface area contributed by atoms with E-state index in [1.807, 2.05) is 18.9 Å².